The molecule has 0 saturated carbocycles. The summed E-state index contributed by atoms with van der Waals surface area (Å²) in [4.78, 5) is 6.87. The highest BCUT2D eigenvalue weighted by Crippen LogP contribution is 2.37. The van der Waals surface area contributed by atoms with Crippen molar-refractivity contribution >= 4 is 23.2 Å². The molecule has 2 heterocycles. The summed E-state index contributed by atoms with van der Waals surface area (Å²) in [6, 6.07) is 11.1. The molecule has 154 valence electrons. The van der Waals surface area contributed by atoms with Gasteiger partial charge >= 0.3 is 0 Å². The molecule has 0 spiro atoms. The third-order valence-corrected chi connectivity index (χ3v) is 6.18. The van der Waals surface area contributed by atoms with Crippen molar-refractivity contribution < 1.29 is 5.11 Å². The first-order valence-electron chi connectivity index (χ1n) is 10.2. The molecule has 0 unspecified atom stereocenters. The maximum atomic E-state index is 11.6. The van der Waals surface area contributed by atoms with Crippen molar-refractivity contribution in [2.45, 2.75) is 37.8 Å². The second-order valence-electron chi connectivity index (χ2n) is 7.76. The van der Waals surface area contributed by atoms with Gasteiger partial charge in [0.15, 0.2) is 0 Å². The molecule has 4 nitrogen and oxygen atoms in total. The monoisotopic (exact) mass is 439 g/mol. The molecule has 2 aliphatic rings. The second-order valence-corrected chi connectivity index (χ2v) is 8.63. The summed E-state index contributed by atoms with van der Waals surface area (Å²) in [7, 11) is 0. The summed E-state index contributed by atoms with van der Waals surface area (Å²) in [5.41, 5.74) is 3.93. The van der Waals surface area contributed by atoms with Gasteiger partial charge in [0.25, 0.3) is 0 Å². The van der Waals surface area contributed by atoms with Gasteiger partial charge in [-0.2, -0.15) is 5.26 Å². The van der Waals surface area contributed by atoms with Crippen LogP contribution in [0.1, 0.15) is 37.4 Å². The predicted octanol–water partition coefficient (Wildman–Crippen LogP) is 5.72. The van der Waals surface area contributed by atoms with Gasteiger partial charge in [0.1, 0.15) is 6.10 Å². The van der Waals surface area contributed by atoms with Crippen LogP contribution in [0.25, 0.3) is 11.3 Å². The highest BCUT2D eigenvalue weighted by atomic mass is 35.5. The number of aliphatic hydroxyl groups excluding tert-OH is 1. The zero-order chi connectivity index (χ0) is 21.1. The molecule has 1 fully saturated rings. The molecule has 6 heteroatoms. The Morgan fingerprint density at radius 2 is 1.87 bits per heavy atom. The van der Waals surface area contributed by atoms with Crippen LogP contribution in [0.5, 0.6) is 0 Å². The van der Waals surface area contributed by atoms with E-state index in [1.54, 1.807) is 12.3 Å². The lowest BCUT2D eigenvalue weighted by Crippen LogP contribution is -2.39. The van der Waals surface area contributed by atoms with Crippen LogP contribution < -0.4 is 0 Å². The molecule has 1 saturated heterocycles. The Labute approximate surface area is 187 Å². The van der Waals surface area contributed by atoms with E-state index in [1.165, 1.54) is 0 Å². The number of allylic oxidation sites excluding steroid dienone is 2. The number of nitrogens with zero attached hydrogens (tertiary/aromatic N) is 3. The lowest BCUT2D eigenvalue weighted by atomic mass is 9.87. The largest absolute Gasteiger partial charge is 0.386 e. The maximum absolute atomic E-state index is 11.6. The number of rotatable bonds is 5. The zero-order valence-corrected chi connectivity index (χ0v) is 18.1. The highest BCUT2D eigenvalue weighted by molar-refractivity contribution is 6.35. The number of halogens is 2. The Morgan fingerprint density at radius 1 is 1.13 bits per heavy atom. The van der Waals surface area contributed by atoms with Gasteiger partial charge in [-0.05, 0) is 74.7 Å². The van der Waals surface area contributed by atoms with Crippen LogP contribution >= 0.6 is 23.2 Å². The van der Waals surface area contributed by atoms with E-state index in [0.29, 0.717) is 15.7 Å². The summed E-state index contributed by atoms with van der Waals surface area (Å²) in [5, 5.41) is 22.1. The van der Waals surface area contributed by atoms with Gasteiger partial charge in [0.2, 0.25) is 0 Å². The molecular weight excluding hydrogens is 417 g/mol. The highest BCUT2D eigenvalue weighted by Gasteiger charge is 2.33. The average Bonchev–Trinajstić information content (AvgIpc) is 3.27. The van der Waals surface area contributed by atoms with E-state index < -0.39 is 6.10 Å². The molecule has 1 aromatic carbocycles. The molecule has 1 aliphatic heterocycles. The number of aliphatic hydroxyl groups is 1. The molecule has 0 bridgehead atoms. The minimum Gasteiger partial charge on any atom is -0.386 e. The summed E-state index contributed by atoms with van der Waals surface area (Å²) in [6.07, 6.45) is 8.78. The van der Waals surface area contributed by atoms with E-state index in [1.807, 2.05) is 30.3 Å². The first-order valence-corrected chi connectivity index (χ1v) is 11.0. The Bertz CT molecular complexity index is 1010. The van der Waals surface area contributed by atoms with Crippen LogP contribution in [0.3, 0.4) is 0 Å². The minimum absolute atomic E-state index is 0.228. The Kier molecular flexibility index (Phi) is 6.55. The topological polar surface area (TPSA) is 60.1 Å². The van der Waals surface area contributed by atoms with Crippen LogP contribution in [0.2, 0.25) is 10.0 Å². The fourth-order valence-corrected chi connectivity index (χ4v) is 4.92. The van der Waals surface area contributed by atoms with Crippen LogP contribution in [0.15, 0.2) is 59.8 Å². The molecule has 4 rings (SSSR count). The number of hydrogen-bond acceptors (Lipinski definition) is 4. The molecule has 1 aliphatic carbocycles. The van der Waals surface area contributed by atoms with Crippen molar-refractivity contribution in [1.82, 2.24) is 9.88 Å². The van der Waals surface area contributed by atoms with Gasteiger partial charge in [-0.15, -0.1) is 0 Å². The Balaban J connectivity index is 1.78. The molecule has 2 atom stereocenters. The minimum atomic E-state index is -0.801. The van der Waals surface area contributed by atoms with Crippen LogP contribution in [-0.2, 0) is 0 Å². The Hall–Kier alpha value is -2.16. The van der Waals surface area contributed by atoms with Crippen molar-refractivity contribution in [3.05, 3.63) is 75.4 Å². The third kappa shape index (κ3) is 4.45. The summed E-state index contributed by atoms with van der Waals surface area (Å²) in [6.45, 7) is 1.85. The fraction of sp³-hybridized carbons (Fsp3) is 0.333. The van der Waals surface area contributed by atoms with E-state index in [0.717, 1.165) is 61.0 Å². The Morgan fingerprint density at radius 3 is 2.57 bits per heavy atom. The quantitative estimate of drug-likeness (QED) is 0.646. The van der Waals surface area contributed by atoms with Gasteiger partial charge in [-0.3, -0.25) is 9.88 Å². The first kappa shape index (κ1) is 21.1. The van der Waals surface area contributed by atoms with Crippen LogP contribution in [0, 0.1) is 11.3 Å². The van der Waals surface area contributed by atoms with Crippen molar-refractivity contribution in [1.29, 1.82) is 5.26 Å². The summed E-state index contributed by atoms with van der Waals surface area (Å²) < 4.78 is 0. The van der Waals surface area contributed by atoms with E-state index in [9.17, 15) is 10.4 Å². The number of hydrogen-bond donors (Lipinski definition) is 1. The van der Waals surface area contributed by atoms with Crippen molar-refractivity contribution in [3.8, 4) is 17.3 Å². The van der Waals surface area contributed by atoms with Crippen molar-refractivity contribution in [2.75, 3.05) is 13.1 Å². The molecule has 0 amide bonds. The van der Waals surface area contributed by atoms with Gasteiger partial charge in [0, 0.05) is 32.9 Å². The second kappa shape index (κ2) is 9.32. The van der Waals surface area contributed by atoms with Gasteiger partial charge in [0.05, 0.1) is 17.8 Å². The molecule has 1 aromatic heterocycles. The number of benzene rings is 1. The van der Waals surface area contributed by atoms with Crippen molar-refractivity contribution in [3.63, 3.8) is 0 Å². The van der Waals surface area contributed by atoms with Crippen LogP contribution in [-0.4, -0.2) is 34.1 Å². The SMILES string of the molecule is N#CC1=CC([C@@H]([C@H](O)c2cccnc2-c2cc(Cl)cc(Cl)c2)N2CCCC2)=CCC1. The normalized spacial score (nSPS) is 19.0. The van der Waals surface area contributed by atoms with E-state index in [-0.39, 0.29) is 6.04 Å². The van der Waals surface area contributed by atoms with E-state index in [2.05, 4.69) is 22.0 Å². The number of pyridine rings is 1. The van der Waals surface area contributed by atoms with Crippen molar-refractivity contribution in [2.24, 2.45) is 0 Å². The number of nitriles is 1. The maximum Gasteiger partial charge on any atom is 0.101 e. The molecule has 30 heavy (non-hydrogen) atoms. The number of likely N-dealkylation sites (tertiary alicyclic amines) is 1. The van der Waals surface area contributed by atoms with E-state index in [4.69, 9.17) is 23.2 Å². The standard InChI is InChI=1S/C24H23Cl2N3O/c25-19-12-18(13-20(26)14-19)22-21(7-4-8-28-22)24(30)23(29-9-1-2-10-29)17-6-3-5-16(11-17)15-27/h4,6-8,11-14,23-24,30H,1-3,5,9-10H2/t23-,24+/m0/s1. The predicted molar refractivity (Wildman–Crippen MR) is 120 cm³/mol. The molecule has 0 radical (unpaired) electrons. The molecule has 1 N–H and O–H groups in total. The molecule has 2 aromatic rings. The first-order chi connectivity index (χ1) is 14.6. The third-order valence-electron chi connectivity index (χ3n) is 5.75. The van der Waals surface area contributed by atoms with Crippen LogP contribution in [0.4, 0.5) is 0 Å². The van der Waals surface area contributed by atoms with Gasteiger partial charge < -0.3 is 5.11 Å². The number of aromatic nitrogens is 1. The lowest BCUT2D eigenvalue weighted by molar-refractivity contribution is 0.0823. The zero-order valence-electron chi connectivity index (χ0n) is 16.6. The van der Waals surface area contributed by atoms with E-state index >= 15 is 0 Å². The smallest absolute Gasteiger partial charge is 0.101 e. The lowest BCUT2D eigenvalue weighted by Gasteiger charge is -2.34. The summed E-state index contributed by atoms with van der Waals surface area (Å²) >= 11 is 12.4. The summed E-state index contributed by atoms with van der Waals surface area (Å²) in [5.74, 6) is 0. The average molecular weight is 440 g/mol. The van der Waals surface area contributed by atoms with Gasteiger partial charge in [-0.1, -0.05) is 35.3 Å². The van der Waals surface area contributed by atoms with Gasteiger partial charge in [-0.25, -0.2) is 0 Å². The molecular formula is C24H23Cl2N3O. The fourth-order valence-electron chi connectivity index (χ4n) is 4.39.